The molecule has 20 heavy (non-hydrogen) atoms. The van der Waals surface area contributed by atoms with E-state index >= 15 is 0 Å². The van der Waals surface area contributed by atoms with Crippen molar-refractivity contribution < 1.29 is 14.6 Å². The molecule has 0 heterocycles. The summed E-state index contributed by atoms with van der Waals surface area (Å²) in [7, 11) is 5.65. The quantitative estimate of drug-likeness (QED) is 0.707. The average molecular weight is 282 g/mol. The normalized spacial score (nSPS) is 14.1. The Balaban J connectivity index is 2.31. The molecule has 5 nitrogen and oxygen atoms in total. The molecule has 1 aromatic rings. The zero-order chi connectivity index (χ0) is 15.0. The molecule has 2 unspecified atom stereocenters. The predicted molar refractivity (Wildman–Crippen MR) is 80.5 cm³/mol. The molecule has 0 aliphatic heterocycles. The van der Waals surface area contributed by atoms with Gasteiger partial charge < -0.3 is 24.8 Å². The van der Waals surface area contributed by atoms with E-state index in [2.05, 4.69) is 17.1 Å². The van der Waals surface area contributed by atoms with Gasteiger partial charge in [-0.1, -0.05) is 12.1 Å². The summed E-state index contributed by atoms with van der Waals surface area (Å²) in [6, 6.07) is 7.74. The van der Waals surface area contributed by atoms with Gasteiger partial charge in [0.05, 0.1) is 7.11 Å². The standard InChI is InChI=1S/C15H26N2O3/c1-12(10-17(2)3)16-9-13(18)11-20-15-8-6-5-7-14(15)19-4/h5-8,12-13,16,18H,9-11H2,1-4H3. The van der Waals surface area contributed by atoms with Gasteiger partial charge in [0.15, 0.2) is 11.5 Å². The molecule has 0 radical (unpaired) electrons. The van der Waals surface area contributed by atoms with Crippen LogP contribution in [0.15, 0.2) is 24.3 Å². The van der Waals surface area contributed by atoms with Crippen molar-refractivity contribution in [2.24, 2.45) is 0 Å². The third kappa shape index (κ3) is 6.23. The Labute approximate surface area is 121 Å². The highest BCUT2D eigenvalue weighted by molar-refractivity contribution is 5.39. The third-order valence-electron chi connectivity index (χ3n) is 2.84. The Bertz CT molecular complexity index is 385. The van der Waals surface area contributed by atoms with E-state index in [1.807, 2.05) is 38.4 Å². The molecule has 0 bridgehead atoms. The molecule has 114 valence electrons. The van der Waals surface area contributed by atoms with Crippen LogP contribution in [-0.2, 0) is 0 Å². The number of benzene rings is 1. The lowest BCUT2D eigenvalue weighted by molar-refractivity contribution is 0.101. The molecule has 1 rings (SSSR count). The number of methoxy groups -OCH3 is 1. The number of hydrogen-bond acceptors (Lipinski definition) is 5. The largest absolute Gasteiger partial charge is 0.493 e. The predicted octanol–water partition coefficient (Wildman–Crippen LogP) is 0.975. The van der Waals surface area contributed by atoms with Crippen LogP contribution in [0, 0.1) is 0 Å². The summed E-state index contributed by atoms with van der Waals surface area (Å²) in [6.07, 6.45) is -0.551. The lowest BCUT2D eigenvalue weighted by Crippen LogP contribution is -2.41. The van der Waals surface area contributed by atoms with E-state index in [1.54, 1.807) is 7.11 Å². The zero-order valence-corrected chi connectivity index (χ0v) is 12.8. The number of rotatable bonds is 9. The summed E-state index contributed by atoms with van der Waals surface area (Å²) in [5, 5.41) is 13.2. The Hall–Kier alpha value is -1.30. The van der Waals surface area contributed by atoms with Gasteiger partial charge in [-0.3, -0.25) is 0 Å². The topological polar surface area (TPSA) is 54.0 Å². The van der Waals surface area contributed by atoms with Gasteiger partial charge in [-0.15, -0.1) is 0 Å². The summed E-state index contributed by atoms with van der Waals surface area (Å²) in [5.41, 5.74) is 0. The van der Waals surface area contributed by atoms with Crippen molar-refractivity contribution in [1.29, 1.82) is 0 Å². The molecule has 0 saturated carbocycles. The van der Waals surface area contributed by atoms with Gasteiger partial charge >= 0.3 is 0 Å². The van der Waals surface area contributed by atoms with Crippen molar-refractivity contribution in [1.82, 2.24) is 10.2 Å². The number of nitrogens with one attached hydrogen (secondary N) is 1. The number of ether oxygens (including phenoxy) is 2. The molecule has 5 heteroatoms. The summed E-state index contributed by atoms with van der Waals surface area (Å²) in [4.78, 5) is 2.11. The summed E-state index contributed by atoms with van der Waals surface area (Å²) in [5.74, 6) is 1.32. The van der Waals surface area contributed by atoms with Crippen molar-refractivity contribution in [2.75, 3.05) is 40.9 Å². The number of hydrogen-bond donors (Lipinski definition) is 2. The summed E-state index contributed by atoms with van der Waals surface area (Å²) in [6.45, 7) is 3.76. The monoisotopic (exact) mass is 282 g/mol. The Morgan fingerprint density at radius 3 is 2.50 bits per heavy atom. The van der Waals surface area contributed by atoms with Crippen LogP contribution in [-0.4, -0.2) is 63.1 Å². The second-order valence-corrected chi connectivity index (χ2v) is 5.19. The fourth-order valence-corrected chi connectivity index (χ4v) is 1.93. The number of likely N-dealkylation sites (N-methyl/N-ethyl adjacent to an activating group) is 1. The van der Waals surface area contributed by atoms with E-state index in [9.17, 15) is 5.11 Å². The molecule has 0 spiro atoms. The van der Waals surface area contributed by atoms with E-state index in [0.717, 1.165) is 6.54 Å². The van der Waals surface area contributed by atoms with Crippen LogP contribution in [0.5, 0.6) is 11.5 Å². The number of aliphatic hydroxyl groups excluding tert-OH is 1. The maximum absolute atomic E-state index is 9.92. The fourth-order valence-electron chi connectivity index (χ4n) is 1.93. The molecular weight excluding hydrogens is 256 g/mol. The van der Waals surface area contributed by atoms with Crippen LogP contribution in [0.25, 0.3) is 0 Å². The first-order chi connectivity index (χ1) is 9.52. The number of para-hydroxylation sites is 2. The van der Waals surface area contributed by atoms with Gasteiger partial charge in [-0.25, -0.2) is 0 Å². The first kappa shape index (κ1) is 16.8. The van der Waals surface area contributed by atoms with Crippen molar-refractivity contribution in [3.8, 4) is 11.5 Å². The average Bonchev–Trinajstić information content (AvgIpc) is 2.42. The first-order valence-corrected chi connectivity index (χ1v) is 6.85. The highest BCUT2D eigenvalue weighted by Crippen LogP contribution is 2.25. The van der Waals surface area contributed by atoms with E-state index in [-0.39, 0.29) is 6.61 Å². The molecule has 0 fully saturated rings. The Morgan fingerprint density at radius 2 is 1.90 bits per heavy atom. The van der Waals surface area contributed by atoms with Crippen LogP contribution >= 0.6 is 0 Å². The molecule has 2 N–H and O–H groups in total. The molecule has 0 aliphatic carbocycles. The van der Waals surface area contributed by atoms with Crippen molar-refractivity contribution in [3.05, 3.63) is 24.3 Å². The molecule has 0 saturated heterocycles. The second-order valence-electron chi connectivity index (χ2n) is 5.19. The van der Waals surface area contributed by atoms with E-state index in [4.69, 9.17) is 9.47 Å². The van der Waals surface area contributed by atoms with Crippen LogP contribution < -0.4 is 14.8 Å². The zero-order valence-electron chi connectivity index (χ0n) is 12.8. The van der Waals surface area contributed by atoms with Crippen molar-refractivity contribution >= 4 is 0 Å². The fraction of sp³-hybridized carbons (Fsp3) is 0.600. The third-order valence-corrected chi connectivity index (χ3v) is 2.84. The smallest absolute Gasteiger partial charge is 0.161 e. The molecule has 1 aromatic carbocycles. The lowest BCUT2D eigenvalue weighted by Gasteiger charge is -2.20. The maximum Gasteiger partial charge on any atom is 0.161 e. The van der Waals surface area contributed by atoms with Gasteiger partial charge in [0, 0.05) is 19.1 Å². The lowest BCUT2D eigenvalue weighted by atomic mass is 10.3. The minimum atomic E-state index is -0.551. The van der Waals surface area contributed by atoms with Gasteiger partial charge in [0.1, 0.15) is 12.7 Å². The van der Waals surface area contributed by atoms with Gasteiger partial charge in [-0.2, -0.15) is 0 Å². The number of nitrogens with zero attached hydrogens (tertiary/aromatic N) is 1. The summed E-state index contributed by atoms with van der Waals surface area (Å²) >= 11 is 0. The number of aliphatic hydroxyl groups is 1. The molecular formula is C15H26N2O3. The van der Waals surface area contributed by atoms with Crippen molar-refractivity contribution in [2.45, 2.75) is 19.1 Å². The van der Waals surface area contributed by atoms with Gasteiger partial charge in [-0.05, 0) is 33.2 Å². The van der Waals surface area contributed by atoms with E-state index in [0.29, 0.717) is 24.1 Å². The van der Waals surface area contributed by atoms with Crippen LogP contribution in [0.1, 0.15) is 6.92 Å². The Kier molecular flexibility index (Phi) is 7.36. The SMILES string of the molecule is COc1ccccc1OCC(O)CNC(C)CN(C)C. The van der Waals surface area contributed by atoms with Crippen LogP contribution in [0.3, 0.4) is 0 Å². The minimum Gasteiger partial charge on any atom is -0.493 e. The minimum absolute atomic E-state index is 0.238. The molecule has 0 aromatic heterocycles. The molecule has 0 aliphatic rings. The van der Waals surface area contributed by atoms with E-state index in [1.165, 1.54) is 0 Å². The second kappa shape index (κ2) is 8.79. The Morgan fingerprint density at radius 1 is 1.25 bits per heavy atom. The highest BCUT2D eigenvalue weighted by atomic mass is 16.5. The van der Waals surface area contributed by atoms with Gasteiger partial charge in [0.25, 0.3) is 0 Å². The van der Waals surface area contributed by atoms with Gasteiger partial charge in [0.2, 0.25) is 0 Å². The van der Waals surface area contributed by atoms with Crippen LogP contribution in [0.2, 0.25) is 0 Å². The summed E-state index contributed by atoms with van der Waals surface area (Å²) < 4.78 is 10.8. The maximum atomic E-state index is 9.92. The van der Waals surface area contributed by atoms with E-state index < -0.39 is 6.10 Å². The molecule has 0 amide bonds. The van der Waals surface area contributed by atoms with Crippen molar-refractivity contribution in [3.63, 3.8) is 0 Å². The highest BCUT2D eigenvalue weighted by Gasteiger charge is 2.10. The first-order valence-electron chi connectivity index (χ1n) is 6.85. The van der Waals surface area contributed by atoms with Crippen LogP contribution in [0.4, 0.5) is 0 Å². The molecule has 2 atom stereocenters.